The van der Waals surface area contributed by atoms with Crippen LogP contribution < -0.4 is 5.32 Å². The number of nitrogens with one attached hydrogen (secondary N) is 1. The summed E-state index contributed by atoms with van der Waals surface area (Å²) in [5, 5.41) is 13.5. The smallest absolute Gasteiger partial charge is 0.122 e. The fourth-order valence-corrected chi connectivity index (χ4v) is 3.21. The molecule has 20 heavy (non-hydrogen) atoms. The number of nitrogens with zero attached hydrogens (tertiary/aromatic N) is 2. The first-order valence-corrected chi connectivity index (χ1v) is 8.36. The first-order valence-electron chi connectivity index (χ1n) is 8.36. The summed E-state index contributed by atoms with van der Waals surface area (Å²) >= 11 is 0. The van der Waals surface area contributed by atoms with Crippen LogP contribution in [0.2, 0.25) is 0 Å². The number of hydrogen-bond donors (Lipinski definition) is 1. The van der Waals surface area contributed by atoms with Crippen molar-refractivity contribution >= 4 is 0 Å². The number of nitriles is 1. The normalized spacial score (nSPS) is 22.3. The summed E-state index contributed by atoms with van der Waals surface area (Å²) in [6.45, 7) is 12.2. The molecule has 0 aromatic carbocycles. The highest BCUT2D eigenvalue weighted by Gasteiger charge is 2.49. The molecule has 0 radical (unpaired) electrons. The minimum Gasteiger partial charge on any atom is -0.300 e. The van der Waals surface area contributed by atoms with Gasteiger partial charge in [0.1, 0.15) is 5.54 Å². The summed E-state index contributed by atoms with van der Waals surface area (Å²) in [5.41, 5.74) is -0.287. The molecule has 0 bridgehead atoms. The SMILES string of the molecule is CC(C)CN(CC(C)C)CC(C#N)(NC1CC1)C1CC1. The summed E-state index contributed by atoms with van der Waals surface area (Å²) in [6.07, 6.45) is 4.96. The molecule has 0 aromatic heterocycles. The maximum atomic E-state index is 9.84. The minimum atomic E-state index is -0.287. The first kappa shape index (κ1) is 15.8. The van der Waals surface area contributed by atoms with Crippen LogP contribution in [0, 0.1) is 29.1 Å². The predicted molar refractivity (Wildman–Crippen MR) is 83.3 cm³/mol. The highest BCUT2D eigenvalue weighted by atomic mass is 15.2. The lowest BCUT2D eigenvalue weighted by Gasteiger charge is -2.36. The Balaban J connectivity index is 2.04. The van der Waals surface area contributed by atoms with E-state index in [2.05, 4.69) is 44.0 Å². The molecule has 0 aliphatic heterocycles. The van der Waals surface area contributed by atoms with E-state index in [0.717, 1.165) is 19.6 Å². The van der Waals surface area contributed by atoms with Crippen LogP contribution in [0.3, 0.4) is 0 Å². The number of rotatable bonds is 9. The molecule has 2 aliphatic carbocycles. The summed E-state index contributed by atoms with van der Waals surface area (Å²) in [4.78, 5) is 2.52. The van der Waals surface area contributed by atoms with Crippen molar-refractivity contribution in [2.45, 2.75) is 65.0 Å². The molecule has 3 heteroatoms. The standard InChI is InChI=1S/C17H31N3/c1-13(2)9-20(10-14(3)4)12-17(11-18,15-5-6-15)19-16-7-8-16/h13-16,19H,5-10,12H2,1-4H3. The largest absolute Gasteiger partial charge is 0.300 e. The molecule has 0 aromatic rings. The van der Waals surface area contributed by atoms with Crippen LogP contribution in [0.4, 0.5) is 0 Å². The molecule has 2 saturated carbocycles. The Morgan fingerprint density at radius 2 is 1.65 bits per heavy atom. The van der Waals surface area contributed by atoms with Crippen molar-refractivity contribution in [3.63, 3.8) is 0 Å². The Morgan fingerprint density at radius 3 is 2.00 bits per heavy atom. The molecule has 1 unspecified atom stereocenters. The molecular formula is C17H31N3. The van der Waals surface area contributed by atoms with Crippen LogP contribution in [0.15, 0.2) is 0 Å². The molecular weight excluding hydrogens is 246 g/mol. The third-order valence-corrected chi connectivity index (χ3v) is 4.23. The average Bonchev–Trinajstić information content (AvgIpc) is 3.19. The third-order valence-electron chi connectivity index (χ3n) is 4.23. The number of hydrogen-bond acceptors (Lipinski definition) is 3. The zero-order valence-corrected chi connectivity index (χ0v) is 13.7. The summed E-state index contributed by atoms with van der Waals surface area (Å²) in [6, 6.07) is 3.28. The quantitative estimate of drug-likeness (QED) is 0.704. The van der Waals surface area contributed by atoms with Gasteiger partial charge in [-0.05, 0) is 43.4 Å². The Kier molecular flexibility index (Phi) is 5.09. The molecule has 3 nitrogen and oxygen atoms in total. The van der Waals surface area contributed by atoms with Gasteiger partial charge in [0.25, 0.3) is 0 Å². The van der Waals surface area contributed by atoms with Gasteiger partial charge in [-0.15, -0.1) is 0 Å². The van der Waals surface area contributed by atoms with Gasteiger partial charge in [0.05, 0.1) is 6.07 Å². The highest BCUT2D eigenvalue weighted by molar-refractivity contribution is 5.18. The molecule has 0 amide bonds. The van der Waals surface area contributed by atoms with Crippen LogP contribution >= 0.6 is 0 Å². The first-order chi connectivity index (χ1) is 9.45. The van der Waals surface area contributed by atoms with Crippen molar-refractivity contribution in [1.29, 1.82) is 5.26 Å². The Labute approximate surface area is 124 Å². The van der Waals surface area contributed by atoms with E-state index in [9.17, 15) is 5.26 Å². The molecule has 0 saturated heterocycles. The fraction of sp³-hybridized carbons (Fsp3) is 0.941. The molecule has 2 fully saturated rings. The molecule has 1 N–H and O–H groups in total. The van der Waals surface area contributed by atoms with Crippen molar-refractivity contribution in [2.75, 3.05) is 19.6 Å². The predicted octanol–water partition coefficient (Wildman–Crippen LogP) is 3.02. The Bertz CT molecular complexity index is 340. The van der Waals surface area contributed by atoms with E-state index >= 15 is 0 Å². The second-order valence-corrected chi connectivity index (χ2v) is 7.76. The molecule has 114 valence electrons. The van der Waals surface area contributed by atoms with Gasteiger partial charge < -0.3 is 0 Å². The maximum absolute atomic E-state index is 9.84. The molecule has 2 rings (SSSR count). The average molecular weight is 277 g/mol. The van der Waals surface area contributed by atoms with Gasteiger partial charge in [-0.3, -0.25) is 10.2 Å². The van der Waals surface area contributed by atoms with Gasteiger partial charge in [0, 0.05) is 25.7 Å². The van der Waals surface area contributed by atoms with Crippen LogP contribution in [-0.4, -0.2) is 36.1 Å². The molecule has 1 atom stereocenters. The van der Waals surface area contributed by atoms with Crippen LogP contribution in [0.5, 0.6) is 0 Å². The van der Waals surface area contributed by atoms with Gasteiger partial charge in [0.15, 0.2) is 0 Å². The minimum absolute atomic E-state index is 0.287. The molecule has 0 spiro atoms. The monoisotopic (exact) mass is 277 g/mol. The van der Waals surface area contributed by atoms with Gasteiger partial charge in [-0.2, -0.15) is 5.26 Å². The van der Waals surface area contributed by atoms with Gasteiger partial charge >= 0.3 is 0 Å². The summed E-state index contributed by atoms with van der Waals surface area (Å²) < 4.78 is 0. The van der Waals surface area contributed by atoms with E-state index < -0.39 is 0 Å². The Morgan fingerprint density at radius 1 is 1.10 bits per heavy atom. The third kappa shape index (κ3) is 4.46. The van der Waals surface area contributed by atoms with E-state index in [-0.39, 0.29) is 5.54 Å². The van der Waals surface area contributed by atoms with E-state index in [1.807, 2.05) is 0 Å². The van der Waals surface area contributed by atoms with E-state index in [4.69, 9.17) is 0 Å². The fourth-order valence-electron chi connectivity index (χ4n) is 3.21. The lowest BCUT2D eigenvalue weighted by Crippen LogP contribution is -2.56. The summed E-state index contributed by atoms with van der Waals surface area (Å²) in [5.74, 6) is 1.89. The van der Waals surface area contributed by atoms with Crippen LogP contribution in [0.1, 0.15) is 53.4 Å². The van der Waals surface area contributed by atoms with Crippen molar-refractivity contribution in [1.82, 2.24) is 10.2 Å². The maximum Gasteiger partial charge on any atom is 0.122 e. The van der Waals surface area contributed by atoms with Gasteiger partial charge in [-0.25, -0.2) is 0 Å². The second-order valence-electron chi connectivity index (χ2n) is 7.76. The van der Waals surface area contributed by atoms with Crippen LogP contribution in [-0.2, 0) is 0 Å². The van der Waals surface area contributed by atoms with Crippen molar-refractivity contribution in [3.8, 4) is 6.07 Å². The topological polar surface area (TPSA) is 39.1 Å². The zero-order valence-electron chi connectivity index (χ0n) is 13.7. The molecule has 0 heterocycles. The Hall–Kier alpha value is -0.590. The van der Waals surface area contributed by atoms with E-state index in [0.29, 0.717) is 23.8 Å². The van der Waals surface area contributed by atoms with Crippen LogP contribution in [0.25, 0.3) is 0 Å². The second kappa shape index (κ2) is 6.45. The van der Waals surface area contributed by atoms with E-state index in [1.165, 1.54) is 25.7 Å². The lowest BCUT2D eigenvalue weighted by molar-refractivity contribution is 0.162. The van der Waals surface area contributed by atoms with Crippen molar-refractivity contribution in [3.05, 3.63) is 0 Å². The van der Waals surface area contributed by atoms with Gasteiger partial charge in [-0.1, -0.05) is 27.7 Å². The lowest BCUT2D eigenvalue weighted by atomic mass is 9.93. The van der Waals surface area contributed by atoms with Crippen molar-refractivity contribution < 1.29 is 0 Å². The molecule has 2 aliphatic rings. The van der Waals surface area contributed by atoms with Gasteiger partial charge in [0.2, 0.25) is 0 Å². The highest BCUT2D eigenvalue weighted by Crippen LogP contribution is 2.42. The zero-order chi connectivity index (χ0) is 14.8. The van der Waals surface area contributed by atoms with E-state index in [1.54, 1.807) is 0 Å². The summed E-state index contributed by atoms with van der Waals surface area (Å²) in [7, 11) is 0. The van der Waals surface area contributed by atoms with Crippen molar-refractivity contribution in [2.24, 2.45) is 17.8 Å².